The molecule has 0 saturated carbocycles. The fraction of sp³-hybridized carbons (Fsp3) is 0.286. The van der Waals surface area contributed by atoms with Gasteiger partial charge < -0.3 is 15.5 Å². The third-order valence-electron chi connectivity index (χ3n) is 2.74. The summed E-state index contributed by atoms with van der Waals surface area (Å²) in [6.45, 7) is 5.36. The van der Waals surface area contributed by atoms with Crippen molar-refractivity contribution in [1.82, 2.24) is 0 Å². The second-order valence-corrected chi connectivity index (χ2v) is 5.37. The van der Waals surface area contributed by atoms with Crippen LogP contribution in [0.1, 0.15) is 31.3 Å². The van der Waals surface area contributed by atoms with E-state index in [1.165, 1.54) is 0 Å². The Morgan fingerprint density at radius 2 is 1.84 bits per heavy atom. The van der Waals surface area contributed by atoms with Gasteiger partial charge in [-0.3, -0.25) is 9.59 Å². The molecule has 0 bridgehead atoms. The molecule has 2 aromatic rings. The van der Waals surface area contributed by atoms with Crippen LogP contribution < -0.4 is 11.1 Å². The van der Waals surface area contributed by atoms with E-state index in [4.69, 9.17) is 10.2 Å². The van der Waals surface area contributed by atoms with Crippen LogP contribution in [0.25, 0.3) is 11.0 Å². The molecule has 0 unspecified atom stereocenters. The highest BCUT2D eigenvalue weighted by atomic mass is 16.3. The maximum atomic E-state index is 12.0. The molecule has 0 saturated heterocycles. The highest BCUT2D eigenvalue weighted by Crippen LogP contribution is 2.31. The van der Waals surface area contributed by atoms with Crippen LogP contribution in [-0.2, 0) is 4.79 Å². The highest BCUT2D eigenvalue weighted by Gasteiger charge is 2.26. The lowest BCUT2D eigenvalue weighted by atomic mass is 9.95. The van der Waals surface area contributed by atoms with E-state index in [1.807, 2.05) is 0 Å². The average molecular weight is 260 g/mol. The molecular formula is C14H16N2O3. The summed E-state index contributed by atoms with van der Waals surface area (Å²) in [5.41, 5.74) is 5.55. The van der Waals surface area contributed by atoms with E-state index in [2.05, 4.69) is 5.32 Å². The Morgan fingerprint density at radius 1 is 1.21 bits per heavy atom. The number of hydrogen-bond acceptors (Lipinski definition) is 3. The van der Waals surface area contributed by atoms with Crippen molar-refractivity contribution in [2.75, 3.05) is 5.32 Å². The minimum atomic E-state index is -0.708. The van der Waals surface area contributed by atoms with Gasteiger partial charge in [0.15, 0.2) is 0 Å². The average Bonchev–Trinajstić information content (AvgIpc) is 2.67. The number of rotatable bonds is 2. The van der Waals surface area contributed by atoms with Gasteiger partial charge >= 0.3 is 0 Å². The molecule has 0 atom stereocenters. The normalized spacial score (nSPS) is 11.5. The number of hydrogen-bond donors (Lipinski definition) is 2. The van der Waals surface area contributed by atoms with Crippen LogP contribution >= 0.6 is 0 Å². The summed E-state index contributed by atoms with van der Waals surface area (Å²) >= 11 is 0. The van der Waals surface area contributed by atoms with Crippen molar-refractivity contribution in [1.29, 1.82) is 0 Å². The van der Waals surface area contributed by atoms with Gasteiger partial charge in [-0.25, -0.2) is 0 Å². The summed E-state index contributed by atoms with van der Waals surface area (Å²) in [6.07, 6.45) is 0. The molecule has 3 N–H and O–H groups in total. The molecule has 0 radical (unpaired) electrons. The lowest BCUT2D eigenvalue weighted by molar-refractivity contribution is -0.123. The zero-order valence-electron chi connectivity index (χ0n) is 11.1. The maximum Gasteiger partial charge on any atom is 0.286 e. The van der Waals surface area contributed by atoms with Crippen LogP contribution in [0, 0.1) is 5.41 Å². The molecular weight excluding hydrogens is 244 g/mol. The van der Waals surface area contributed by atoms with Gasteiger partial charge in [-0.15, -0.1) is 0 Å². The molecule has 5 nitrogen and oxygen atoms in total. The fourth-order valence-corrected chi connectivity index (χ4v) is 1.64. The standard InChI is InChI=1S/C14H16N2O3/c1-14(2,3)13(18)16-10-8-6-4-5-7-9(8)19-11(10)12(15)17/h4-7H,1-3H3,(H2,15,17)(H,16,18). The summed E-state index contributed by atoms with van der Waals surface area (Å²) in [5.74, 6) is -0.944. The molecule has 0 aliphatic rings. The predicted octanol–water partition coefficient (Wildman–Crippen LogP) is 2.52. The van der Waals surface area contributed by atoms with Gasteiger partial charge in [0.2, 0.25) is 11.7 Å². The first-order valence-electron chi connectivity index (χ1n) is 5.93. The van der Waals surface area contributed by atoms with Crippen LogP contribution in [0.4, 0.5) is 5.69 Å². The third-order valence-corrected chi connectivity index (χ3v) is 2.74. The summed E-state index contributed by atoms with van der Waals surface area (Å²) < 4.78 is 5.38. The van der Waals surface area contributed by atoms with Crippen molar-refractivity contribution in [3.63, 3.8) is 0 Å². The molecule has 0 spiro atoms. The summed E-state index contributed by atoms with van der Waals surface area (Å²) in [5, 5.41) is 3.38. The topological polar surface area (TPSA) is 85.3 Å². The SMILES string of the molecule is CC(C)(C)C(=O)Nc1c(C(N)=O)oc2ccccc12. The lowest BCUT2D eigenvalue weighted by Crippen LogP contribution is -2.28. The first-order valence-corrected chi connectivity index (χ1v) is 5.93. The molecule has 5 heteroatoms. The van der Waals surface area contributed by atoms with Crippen LogP contribution in [0.3, 0.4) is 0 Å². The Kier molecular flexibility index (Phi) is 3.06. The van der Waals surface area contributed by atoms with E-state index < -0.39 is 11.3 Å². The third kappa shape index (κ3) is 2.45. The molecule has 2 rings (SSSR count). The van der Waals surface area contributed by atoms with Crippen molar-refractivity contribution >= 4 is 28.5 Å². The van der Waals surface area contributed by atoms with Crippen LogP contribution in [0.2, 0.25) is 0 Å². The van der Waals surface area contributed by atoms with Crippen molar-refractivity contribution in [2.24, 2.45) is 11.1 Å². The maximum absolute atomic E-state index is 12.0. The van der Waals surface area contributed by atoms with Crippen molar-refractivity contribution in [3.05, 3.63) is 30.0 Å². The Bertz CT molecular complexity index is 650. The summed E-state index contributed by atoms with van der Waals surface area (Å²) in [7, 11) is 0. The number of primary amides is 1. The first-order chi connectivity index (χ1) is 8.80. The monoisotopic (exact) mass is 260 g/mol. The molecule has 1 heterocycles. The number of amides is 2. The Labute approximate surface area is 110 Å². The number of nitrogens with two attached hydrogens (primary N) is 1. The van der Waals surface area contributed by atoms with Gasteiger partial charge in [0.05, 0.1) is 0 Å². The van der Waals surface area contributed by atoms with Gasteiger partial charge in [-0.1, -0.05) is 32.9 Å². The zero-order valence-corrected chi connectivity index (χ0v) is 11.1. The Balaban J connectivity index is 2.54. The molecule has 19 heavy (non-hydrogen) atoms. The molecule has 100 valence electrons. The van der Waals surface area contributed by atoms with Crippen molar-refractivity contribution in [3.8, 4) is 0 Å². The molecule has 0 fully saturated rings. The predicted molar refractivity (Wildman–Crippen MR) is 72.8 cm³/mol. The number of nitrogens with one attached hydrogen (secondary N) is 1. The van der Waals surface area contributed by atoms with E-state index in [0.717, 1.165) is 0 Å². The number of carbonyl (C=O) groups excluding carboxylic acids is 2. The second kappa shape index (κ2) is 4.42. The van der Waals surface area contributed by atoms with Crippen molar-refractivity contribution in [2.45, 2.75) is 20.8 Å². The molecule has 1 aromatic carbocycles. The fourth-order valence-electron chi connectivity index (χ4n) is 1.64. The summed E-state index contributed by atoms with van der Waals surface area (Å²) in [4.78, 5) is 23.4. The zero-order chi connectivity index (χ0) is 14.2. The largest absolute Gasteiger partial charge is 0.449 e. The van der Waals surface area contributed by atoms with Crippen LogP contribution in [0.15, 0.2) is 28.7 Å². The first kappa shape index (κ1) is 13.1. The van der Waals surface area contributed by atoms with Gasteiger partial charge in [0.25, 0.3) is 5.91 Å². The van der Waals surface area contributed by atoms with Crippen LogP contribution in [-0.4, -0.2) is 11.8 Å². The quantitative estimate of drug-likeness (QED) is 0.869. The smallest absolute Gasteiger partial charge is 0.286 e. The number of benzene rings is 1. The number of fused-ring (bicyclic) bond motifs is 1. The van der Waals surface area contributed by atoms with Crippen LogP contribution in [0.5, 0.6) is 0 Å². The summed E-state index contributed by atoms with van der Waals surface area (Å²) in [6, 6.07) is 7.07. The van der Waals surface area contributed by atoms with Gasteiger partial charge in [-0.05, 0) is 12.1 Å². The molecule has 0 aliphatic heterocycles. The number of para-hydroxylation sites is 1. The van der Waals surface area contributed by atoms with E-state index in [1.54, 1.807) is 45.0 Å². The van der Waals surface area contributed by atoms with E-state index in [0.29, 0.717) is 16.7 Å². The minimum Gasteiger partial charge on any atom is -0.449 e. The highest BCUT2D eigenvalue weighted by molar-refractivity contribution is 6.11. The lowest BCUT2D eigenvalue weighted by Gasteiger charge is -2.17. The number of anilines is 1. The van der Waals surface area contributed by atoms with E-state index in [9.17, 15) is 9.59 Å². The number of carbonyl (C=O) groups is 2. The Morgan fingerprint density at radius 3 is 2.42 bits per heavy atom. The molecule has 1 aromatic heterocycles. The minimum absolute atomic E-state index is 0.0289. The van der Waals surface area contributed by atoms with Crippen molar-refractivity contribution < 1.29 is 14.0 Å². The van der Waals surface area contributed by atoms with Gasteiger partial charge in [-0.2, -0.15) is 0 Å². The van der Waals surface area contributed by atoms with Gasteiger partial charge in [0, 0.05) is 10.8 Å². The van der Waals surface area contributed by atoms with E-state index in [-0.39, 0.29) is 11.7 Å². The second-order valence-electron chi connectivity index (χ2n) is 5.37. The Hall–Kier alpha value is -2.30. The van der Waals surface area contributed by atoms with E-state index >= 15 is 0 Å². The molecule has 0 aliphatic carbocycles. The van der Waals surface area contributed by atoms with Gasteiger partial charge in [0.1, 0.15) is 11.3 Å². The number of furan rings is 1. The molecule has 2 amide bonds.